The molecule has 0 fully saturated rings. The monoisotopic (exact) mass is 870 g/mol. The Labute approximate surface area is 394 Å². The highest BCUT2D eigenvalue weighted by atomic mass is 15.1. The SMILES string of the molecule is N#Cc1ccc(N(c2ccc(-c3ccc(N(c4ccc(C#N)cc4)c4ccc5c(c4)c4ccccc4n5C4C=CC=CC4)cc3)cc2)c2ccc3c(c2)c2ccccc2n3-c2ccccc2)cc1. The number of para-hydroxylation sites is 3. The number of hydrogen-bond donors (Lipinski definition) is 0. The average Bonchev–Trinajstić information content (AvgIpc) is 3.92. The van der Waals surface area contributed by atoms with E-state index in [-0.39, 0.29) is 6.04 Å². The molecule has 0 aliphatic heterocycles. The molecule has 1 aliphatic rings. The van der Waals surface area contributed by atoms with Gasteiger partial charge in [-0.3, -0.25) is 0 Å². The third-order valence-electron chi connectivity index (χ3n) is 13.3. The molecule has 320 valence electrons. The summed E-state index contributed by atoms with van der Waals surface area (Å²) in [6.07, 6.45) is 9.75. The number of allylic oxidation sites excluding steroid dienone is 4. The van der Waals surface area contributed by atoms with E-state index in [0.29, 0.717) is 11.1 Å². The zero-order chi connectivity index (χ0) is 45.6. The number of anilines is 6. The predicted octanol–water partition coefficient (Wildman–Crippen LogP) is 16.3. The van der Waals surface area contributed by atoms with Crippen LogP contribution in [0, 0.1) is 22.7 Å². The first-order valence-corrected chi connectivity index (χ1v) is 22.9. The van der Waals surface area contributed by atoms with Crippen LogP contribution >= 0.6 is 0 Å². The van der Waals surface area contributed by atoms with E-state index in [1.54, 1.807) is 0 Å². The Morgan fingerprint density at radius 1 is 0.397 bits per heavy atom. The summed E-state index contributed by atoms with van der Waals surface area (Å²) in [4.78, 5) is 4.53. The second-order valence-corrected chi connectivity index (χ2v) is 17.2. The molecule has 68 heavy (non-hydrogen) atoms. The van der Waals surface area contributed by atoms with E-state index in [0.717, 1.165) is 73.8 Å². The molecule has 6 heteroatoms. The van der Waals surface area contributed by atoms with Gasteiger partial charge in [-0.2, -0.15) is 10.5 Å². The number of hydrogen-bond acceptors (Lipinski definition) is 4. The Bertz CT molecular complexity index is 3830. The maximum atomic E-state index is 9.67. The highest BCUT2D eigenvalue weighted by Gasteiger charge is 2.21. The first-order valence-electron chi connectivity index (χ1n) is 22.9. The zero-order valence-corrected chi connectivity index (χ0v) is 37.0. The van der Waals surface area contributed by atoms with Crippen molar-refractivity contribution in [3.05, 3.63) is 248 Å². The summed E-state index contributed by atoms with van der Waals surface area (Å²) in [6.45, 7) is 0. The molecule has 2 heterocycles. The van der Waals surface area contributed by atoms with Gasteiger partial charge in [0.25, 0.3) is 0 Å². The van der Waals surface area contributed by atoms with Crippen molar-refractivity contribution >= 4 is 77.7 Å². The topological polar surface area (TPSA) is 63.9 Å². The van der Waals surface area contributed by atoms with Crippen molar-refractivity contribution < 1.29 is 0 Å². The summed E-state index contributed by atoms with van der Waals surface area (Å²) < 4.78 is 4.80. The van der Waals surface area contributed by atoms with Crippen LogP contribution in [0.15, 0.2) is 237 Å². The van der Waals surface area contributed by atoms with Gasteiger partial charge in [-0.05, 0) is 151 Å². The number of fused-ring (bicyclic) bond motifs is 6. The molecule has 0 N–H and O–H groups in total. The van der Waals surface area contributed by atoms with E-state index in [2.05, 4.69) is 219 Å². The van der Waals surface area contributed by atoms with Crippen LogP contribution in [-0.2, 0) is 0 Å². The lowest BCUT2D eigenvalue weighted by molar-refractivity contribution is 0.648. The fraction of sp³-hybridized carbons (Fsp3) is 0.0323. The number of nitriles is 2. The van der Waals surface area contributed by atoms with Gasteiger partial charge in [-0.1, -0.05) is 103 Å². The molecule has 6 nitrogen and oxygen atoms in total. The summed E-state index contributed by atoms with van der Waals surface area (Å²) in [7, 11) is 0. The maximum absolute atomic E-state index is 9.67. The highest BCUT2D eigenvalue weighted by Crippen LogP contribution is 2.43. The molecule has 0 saturated carbocycles. The second-order valence-electron chi connectivity index (χ2n) is 17.2. The Balaban J connectivity index is 0.912. The maximum Gasteiger partial charge on any atom is 0.0991 e. The molecule has 0 bridgehead atoms. The van der Waals surface area contributed by atoms with Gasteiger partial charge in [-0.25, -0.2) is 0 Å². The van der Waals surface area contributed by atoms with Gasteiger partial charge in [0, 0.05) is 72.4 Å². The molecular formula is C62H42N6. The molecule has 1 unspecified atom stereocenters. The molecule has 11 aromatic rings. The second kappa shape index (κ2) is 16.9. The van der Waals surface area contributed by atoms with Crippen molar-refractivity contribution in [1.29, 1.82) is 10.5 Å². The standard InChI is InChI=1S/C62H42N6/c63-41-43-19-27-49(28-20-43)65(53-35-37-61-57(39-53)55-15-7-9-17-59(55)67(61)47-11-3-1-4-12-47)51-31-23-45(24-32-51)46-25-33-52(34-26-46)66(50-29-21-44(42-64)22-30-50)54-36-38-62-58(40-54)56-16-8-10-18-60(56)68(62)48-13-5-2-6-14-48/h1-13,15-40,48H,14H2. The number of rotatable bonds is 9. The van der Waals surface area contributed by atoms with E-state index in [1.807, 2.05) is 48.5 Å². The number of benzene rings is 9. The minimum atomic E-state index is 0.243. The fourth-order valence-corrected chi connectivity index (χ4v) is 10.1. The molecule has 2 aromatic heterocycles. The van der Waals surface area contributed by atoms with Gasteiger partial charge < -0.3 is 18.9 Å². The Morgan fingerprint density at radius 2 is 0.824 bits per heavy atom. The molecule has 0 amide bonds. The summed E-state index contributed by atoms with van der Waals surface area (Å²) in [5.41, 5.74) is 15.2. The van der Waals surface area contributed by atoms with E-state index in [1.165, 1.54) is 27.2 Å². The normalized spacial score (nSPS) is 13.2. The lowest BCUT2D eigenvalue weighted by Crippen LogP contribution is -2.10. The minimum absolute atomic E-state index is 0.243. The molecule has 0 spiro atoms. The van der Waals surface area contributed by atoms with Crippen molar-refractivity contribution in [3.63, 3.8) is 0 Å². The minimum Gasteiger partial charge on any atom is -0.333 e. The fourth-order valence-electron chi connectivity index (χ4n) is 10.1. The molecule has 1 atom stereocenters. The van der Waals surface area contributed by atoms with E-state index < -0.39 is 0 Å². The molecule has 0 radical (unpaired) electrons. The molecule has 0 saturated heterocycles. The van der Waals surface area contributed by atoms with Crippen LogP contribution in [0.2, 0.25) is 0 Å². The Morgan fingerprint density at radius 3 is 1.35 bits per heavy atom. The summed E-state index contributed by atoms with van der Waals surface area (Å²) in [6, 6.07) is 79.1. The Hall–Kier alpha value is -9.36. The quantitative estimate of drug-likeness (QED) is 0.145. The summed E-state index contributed by atoms with van der Waals surface area (Å²) in [5, 5.41) is 24.1. The van der Waals surface area contributed by atoms with E-state index in [9.17, 15) is 10.5 Å². The summed E-state index contributed by atoms with van der Waals surface area (Å²) in [5.74, 6) is 0. The largest absolute Gasteiger partial charge is 0.333 e. The van der Waals surface area contributed by atoms with Crippen molar-refractivity contribution in [3.8, 4) is 29.0 Å². The molecule has 1 aliphatic carbocycles. The first-order chi connectivity index (χ1) is 33.6. The van der Waals surface area contributed by atoms with Gasteiger partial charge in [0.15, 0.2) is 0 Å². The number of nitrogens with zero attached hydrogens (tertiary/aromatic N) is 6. The van der Waals surface area contributed by atoms with Crippen LogP contribution in [0.5, 0.6) is 0 Å². The average molecular weight is 871 g/mol. The van der Waals surface area contributed by atoms with Crippen LogP contribution in [0.4, 0.5) is 34.1 Å². The van der Waals surface area contributed by atoms with Crippen LogP contribution in [0.1, 0.15) is 23.6 Å². The van der Waals surface area contributed by atoms with E-state index >= 15 is 0 Å². The first kappa shape index (κ1) is 40.2. The smallest absolute Gasteiger partial charge is 0.0991 e. The molecular weight excluding hydrogens is 829 g/mol. The Kier molecular flexibility index (Phi) is 9.98. The van der Waals surface area contributed by atoms with Crippen LogP contribution in [-0.4, -0.2) is 9.13 Å². The van der Waals surface area contributed by atoms with Gasteiger partial charge in [-0.15, -0.1) is 0 Å². The number of aromatic nitrogens is 2. The van der Waals surface area contributed by atoms with E-state index in [4.69, 9.17) is 0 Å². The zero-order valence-electron chi connectivity index (χ0n) is 37.0. The van der Waals surface area contributed by atoms with Gasteiger partial charge in [0.1, 0.15) is 0 Å². The van der Waals surface area contributed by atoms with Gasteiger partial charge in [0.2, 0.25) is 0 Å². The predicted molar refractivity (Wildman–Crippen MR) is 280 cm³/mol. The van der Waals surface area contributed by atoms with Crippen molar-refractivity contribution in [2.75, 3.05) is 9.80 Å². The summed E-state index contributed by atoms with van der Waals surface area (Å²) >= 11 is 0. The van der Waals surface area contributed by atoms with Crippen molar-refractivity contribution in [1.82, 2.24) is 9.13 Å². The van der Waals surface area contributed by atoms with Gasteiger partial charge in [0.05, 0.1) is 40.3 Å². The van der Waals surface area contributed by atoms with Gasteiger partial charge >= 0.3 is 0 Å². The highest BCUT2D eigenvalue weighted by molar-refractivity contribution is 6.11. The van der Waals surface area contributed by atoms with Crippen LogP contribution in [0.3, 0.4) is 0 Å². The van der Waals surface area contributed by atoms with Crippen molar-refractivity contribution in [2.24, 2.45) is 0 Å². The van der Waals surface area contributed by atoms with Crippen LogP contribution in [0.25, 0.3) is 60.4 Å². The molecule has 9 aromatic carbocycles. The third kappa shape index (κ3) is 6.97. The lowest BCUT2D eigenvalue weighted by Gasteiger charge is -2.26. The lowest BCUT2D eigenvalue weighted by atomic mass is 10.0. The molecule has 12 rings (SSSR count). The third-order valence-corrected chi connectivity index (χ3v) is 13.3. The van der Waals surface area contributed by atoms with Crippen LogP contribution < -0.4 is 9.80 Å². The van der Waals surface area contributed by atoms with Crippen molar-refractivity contribution in [2.45, 2.75) is 12.5 Å².